The Morgan fingerprint density at radius 2 is 1.13 bits per heavy atom. The molecule has 0 aliphatic heterocycles. The molecular formula is C12H6Cl2N2O6S. The van der Waals surface area contributed by atoms with Gasteiger partial charge in [-0.05, 0) is 12.1 Å². The van der Waals surface area contributed by atoms with Gasteiger partial charge in [0.1, 0.15) is 0 Å². The van der Waals surface area contributed by atoms with Crippen LogP contribution in [0.25, 0.3) is 0 Å². The first-order chi connectivity index (χ1) is 10.6. The summed E-state index contributed by atoms with van der Waals surface area (Å²) in [6.07, 6.45) is 0. The summed E-state index contributed by atoms with van der Waals surface area (Å²) in [4.78, 5) is 18.9. The van der Waals surface area contributed by atoms with Gasteiger partial charge in [-0.3, -0.25) is 20.2 Å². The summed E-state index contributed by atoms with van der Waals surface area (Å²) in [5, 5.41) is 21.0. The van der Waals surface area contributed by atoms with Gasteiger partial charge in [-0.2, -0.15) is 0 Å². The molecule has 120 valence electrons. The van der Waals surface area contributed by atoms with E-state index in [1.807, 2.05) is 0 Å². The highest BCUT2D eigenvalue weighted by molar-refractivity contribution is 7.91. The van der Waals surface area contributed by atoms with Crippen molar-refractivity contribution in [2.75, 3.05) is 0 Å². The molecule has 0 saturated carbocycles. The van der Waals surface area contributed by atoms with Crippen molar-refractivity contribution in [1.29, 1.82) is 0 Å². The molecule has 0 aromatic heterocycles. The number of nitro groups is 2. The molecule has 0 saturated heterocycles. The van der Waals surface area contributed by atoms with Crippen molar-refractivity contribution >= 4 is 44.4 Å². The molecule has 0 radical (unpaired) electrons. The second-order valence-corrected chi connectivity index (χ2v) is 6.95. The van der Waals surface area contributed by atoms with Crippen LogP contribution in [0.15, 0.2) is 46.2 Å². The Bertz CT molecular complexity index is 860. The van der Waals surface area contributed by atoms with Crippen LogP contribution in [0, 0.1) is 20.2 Å². The third-order valence-electron chi connectivity index (χ3n) is 2.83. The standard InChI is InChI=1S/C12H6Cl2N2O6S/c13-9-3-1-7(15(17)18)5-11(9)23(21,22)12-6-8(16(19)20)2-4-10(12)14/h1-6H. The van der Waals surface area contributed by atoms with Crippen LogP contribution < -0.4 is 0 Å². The third-order valence-corrected chi connectivity index (χ3v) is 5.55. The first-order valence-corrected chi connectivity index (χ1v) is 8.01. The van der Waals surface area contributed by atoms with Crippen LogP contribution in [0.5, 0.6) is 0 Å². The van der Waals surface area contributed by atoms with Gasteiger partial charge in [0, 0.05) is 24.3 Å². The predicted molar refractivity (Wildman–Crippen MR) is 81.7 cm³/mol. The summed E-state index contributed by atoms with van der Waals surface area (Å²) in [5.74, 6) is 0. The number of non-ortho nitro benzene ring substituents is 2. The molecular weight excluding hydrogens is 371 g/mol. The van der Waals surface area contributed by atoms with E-state index < -0.39 is 40.8 Å². The van der Waals surface area contributed by atoms with Crippen LogP contribution >= 0.6 is 23.2 Å². The summed E-state index contributed by atoms with van der Waals surface area (Å²) in [5.41, 5.74) is -0.982. The lowest BCUT2D eigenvalue weighted by molar-refractivity contribution is -0.385. The Morgan fingerprint density at radius 3 is 1.43 bits per heavy atom. The van der Waals surface area contributed by atoms with Gasteiger partial charge in [0.25, 0.3) is 11.4 Å². The van der Waals surface area contributed by atoms with E-state index in [-0.39, 0.29) is 10.0 Å². The Labute approximate surface area is 139 Å². The highest BCUT2D eigenvalue weighted by Crippen LogP contribution is 2.35. The van der Waals surface area contributed by atoms with E-state index in [1.54, 1.807) is 0 Å². The van der Waals surface area contributed by atoms with Gasteiger partial charge in [-0.1, -0.05) is 23.2 Å². The molecule has 0 fully saturated rings. The number of halogens is 2. The molecule has 11 heteroatoms. The van der Waals surface area contributed by atoms with Crippen molar-refractivity contribution in [3.63, 3.8) is 0 Å². The number of sulfone groups is 1. The zero-order valence-electron chi connectivity index (χ0n) is 11.0. The minimum absolute atomic E-state index is 0.266. The van der Waals surface area contributed by atoms with Gasteiger partial charge in [0.2, 0.25) is 9.84 Å². The Morgan fingerprint density at radius 1 is 0.783 bits per heavy atom. The highest BCUT2D eigenvalue weighted by atomic mass is 35.5. The second kappa shape index (κ2) is 6.11. The largest absolute Gasteiger partial charge is 0.270 e. The fourth-order valence-electron chi connectivity index (χ4n) is 1.74. The van der Waals surface area contributed by atoms with E-state index in [4.69, 9.17) is 23.2 Å². The summed E-state index contributed by atoms with van der Waals surface area (Å²) >= 11 is 11.6. The van der Waals surface area contributed by atoms with Crippen LogP contribution in [0.1, 0.15) is 0 Å². The van der Waals surface area contributed by atoms with Crippen molar-refractivity contribution in [3.8, 4) is 0 Å². The Hall–Kier alpha value is -2.23. The lowest BCUT2D eigenvalue weighted by Crippen LogP contribution is -2.05. The first kappa shape index (κ1) is 17.1. The summed E-state index contributed by atoms with van der Waals surface area (Å²) < 4.78 is 25.2. The number of nitrogens with zero attached hydrogens (tertiary/aromatic N) is 2. The van der Waals surface area contributed by atoms with E-state index >= 15 is 0 Å². The minimum atomic E-state index is -4.39. The highest BCUT2D eigenvalue weighted by Gasteiger charge is 2.27. The van der Waals surface area contributed by atoms with Crippen molar-refractivity contribution in [3.05, 3.63) is 66.7 Å². The van der Waals surface area contributed by atoms with E-state index in [0.29, 0.717) is 0 Å². The molecule has 0 amide bonds. The van der Waals surface area contributed by atoms with E-state index in [2.05, 4.69) is 0 Å². The average Bonchev–Trinajstić information content (AvgIpc) is 2.47. The maximum absolute atomic E-state index is 12.6. The zero-order valence-corrected chi connectivity index (χ0v) is 13.3. The molecule has 2 rings (SSSR count). The molecule has 2 aromatic rings. The molecule has 2 aromatic carbocycles. The van der Waals surface area contributed by atoms with Crippen molar-refractivity contribution in [1.82, 2.24) is 0 Å². The zero-order chi connectivity index (χ0) is 17.4. The van der Waals surface area contributed by atoms with Crippen LogP contribution in [-0.2, 0) is 9.84 Å². The van der Waals surface area contributed by atoms with Gasteiger partial charge < -0.3 is 0 Å². The predicted octanol–water partition coefficient (Wildman–Crippen LogP) is 3.64. The molecule has 0 N–H and O–H groups in total. The SMILES string of the molecule is O=[N+]([O-])c1ccc(Cl)c(S(=O)(=O)c2cc([N+](=O)[O-])ccc2Cl)c1. The number of benzene rings is 2. The third kappa shape index (κ3) is 3.26. The van der Waals surface area contributed by atoms with Crippen molar-refractivity contribution < 1.29 is 18.3 Å². The smallest absolute Gasteiger partial charge is 0.258 e. The van der Waals surface area contributed by atoms with Crippen LogP contribution in [0.2, 0.25) is 10.0 Å². The maximum Gasteiger partial charge on any atom is 0.270 e. The van der Waals surface area contributed by atoms with Gasteiger partial charge in [0.05, 0.1) is 29.7 Å². The van der Waals surface area contributed by atoms with Gasteiger partial charge in [0.15, 0.2) is 0 Å². The quantitative estimate of drug-likeness (QED) is 0.592. The normalized spacial score (nSPS) is 11.2. The molecule has 0 bridgehead atoms. The number of rotatable bonds is 4. The van der Waals surface area contributed by atoms with Gasteiger partial charge in [-0.15, -0.1) is 0 Å². The topological polar surface area (TPSA) is 120 Å². The van der Waals surface area contributed by atoms with Crippen molar-refractivity contribution in [2.45, 2.75) is 9.79 Å². The molecule has 0 spiro atoms. The average molecular weight is 377 g/mol. The number of hydrogen-bond acceptors (Lipinski definition) is 6. The lowest BCUT2D eigenvalue weighted by atomic mass is 10.3. The molecule has 0 aliphatic carbocycles. The second-order valence-electron chi connectivity index (χ2n) is 4.25. The molecule has 0 atom stereocenters. The Balaban J connectivity index is 2.73. The molecule has 0 heterocycles. The fraction of sp³-hybridized carbons (Fsp3) is 0. The fourth-order valence-corrected chi connectivity index (χ4v) is 4.02. The number of hydrogen-bond donors (Lipinski definition) is 0. The summed E-state index contributed by atoms with van der Waals surface area (Å²) in [6, 6.07) is 5.72. The van der Waals surface area contributed by atoms with Gasteiger partial charge >= 0.3 is 0 Å². The van der Waals surface area contributed by atoms with E-state index in [1.165, 1.54) is 0 Å². The lowest BCUT2D eigenvalue weighted by Gasteiger charge is -2.08. The molecule has 0 aliphatic rings. The van der Waals surface area contributed by atoms with Crippen LogP contribution in [-0.4, -0.2) is 18.3 Å². The summed E-state index contributed by atoms with van der Waals surface area (Å²) in [7, 11) is -4.39. The van der Waals surface area contributed by atoms with Crippen LogP contribution in [0.4, 0.5) is 11.4 Å². The molecule has 8 nitrogen and oxygen atoms in total. The molecule has 0 unspecified atom stereocenters. The maximum atomic E-state index is 12.6. The van der Waals surface area contributed by atoms with Gasteiger partial charge in [-0.25, -0.2) is 8.42 Å². The monoisotopic (exact) mass is 376 g/mol. The summed E-state index contributed by atoms with van der Waals surface area (Å²) in [6.45, 7) is 0. The van der Waals surface area contributed by atoms with E-state index in [0.717, 1.165) is 36.4 Å². The van der Waals surface area contributed by atoms with Crippen molar-refractivity contribution in [2.24, 2.45) is 0 Å². The minimum Gasteiger partial charge on any atom is -0.258 e. The van der Waals surface area contributed by atoms with Crippen LogP contribution in [0.3, 0.4) is 0 Å². The Kier molecular flexibility index (Phi) is 4.55. The van der Waals surface area contributed by atoms with E-state index in [9.17, 15) is 28.6 Å². The molecule has 23 heavy (non-hydrogen) atoms. The first-order valence-electron chi connectivity index (χ1n) is 5.77. The number of nitro benzene ring substituents is 2.